The summed E-state index contributed by atoms with van der Waals surface area (Å²) in [6, 6.07) is 20.1. The molecule has 7 heteroatoms. The number of sulfonamides is 1. The van der Waals surface area contributed by atoms with Gasteiger partial charge in [0.1, 0.15) is 0 Å². The number of anilines is 2. The van der Waals surface area contributed by atoms with Gasteiger partial charge in [-0.2, -0.15) is 0 Å². The molecule has 0 heterocycles. The lowest BCUT2D eigenvalue weighted by Gasteiger charge is -2.20. The Balaban J connectivity index is 1.95. The molecule has 5 nitrogen and oxygen atoms in total. The predicted molar refractivity (Wildman–Crippen MR) is 113 cm³/mol. The highest BCUT2D eigenvalue weighted by atomic mass is 35.5. The van der Waals surface area contributed by atoms with Crippen molar-refractivity contribution >= 4 is 38.9 Å². The van der Waals surface area contributed by atoms with E-state index in [1.807, 2.05) is 19.1 Å². The minimum absolute atomic E-state index is 0.0156. The number of nitrogens with zero attached hydrogens (tertiary/aromatic N) is 1. The fraction of sp³-hybridized carbons (Fsp3) is 0.0952. The van der Waals surface area contributed by atoms with Gasteiger partial charge in [-0.25, -0.2) is 8.42 Å². The number of hydrogen-bond acceptors (Lipinski definition) is 3. The summed E-state index contributed by atoms with van der Waals surface area (Å²) < 4.78 is 27.1. The third-order valence-electron chi connectivity index (χ3n) is 4.35. The van der Waals surface area contributed by atoms with E-state index in [0.29, 0.717) is 11.4 Å². The van der Waals surface area contributed by atoms with Gasteiger partial charge in [0, 0.05) is 12.7 Å². The number of aryl methyl sites for hydroxylation is 1. The molecule has 3 rings (SSSR count). The second-order valence-electron chi connectivity index (χ2n) is 6.22. The monoisotopic (exact) mass is 414 g/mol. The Hall–Kier alpha value is -2.83. The minimum atomic E-state index is -3.85. The van der Waals surface area contributed by atoms with Crippen LogP contribution in [-0.2, 0) is 10.0 Å². The highest BCUT2D eigenvalue weighted by Gasteiger charge is 2.23. The van der Waals surface area contributed by atoms with Crippen LogP contribution in [0.3, 0.4) is 0 Å². The number of rotatable bonds is 5. The van der Waals surface area contributed by atoms with Crippen LogP contribution in [-0.4, -0.2) is 21.4 Å². The second-order valence-corrected chi connectivity index (χ2v) is 8.60. The SMILES string of the molecule is Cc1ccccc1NC(=O)c1cc(S(=O)(=O)N(C)c2ccccc2)ccc1Cl. The molecule has 1 N–H and O–H groups in total. The van der Waals surface area contributed by atoms with Gasteiger partial charge < -0.3 is 5.32 Å². The second kappa shape index (κ2) is 8.04. The molecule has 0 unspecified atom stereocenters. The molecular weight excluding hydrogens is 396 g/mol. The molecule has 0 aliphatic carbocycles. The summed E-state index contributed by atoms with van der Waals surface area (Å²) in [5.74, 6) is -0.473. The van der Waals surface area contributed by atoms with E-state index in [1.54, 1.807) is 42.5 Å². The van der Waals surface area contributed by atoms with Gasteiger partial charge >= 0.3 is 0 Å². The van der Waals surface area contributed by atoms with Crippen LogP contribution < -0.4 is 9.62 Å². The van der Waals surface area contributed by atoms with Crippen molar-refractivity contribution in [1.29, 1.82) is 0 Å². The molecule has 0 spiro atoms. The van der Waals surface area contributed by atoms with Crippen molar-refractivity contribution in [3.63, 3.8) is 0 Å². The largest absolute Gasteiger partial charge is 0.322 e. The summed E-state index contributed by atoms with van der Waals surface area (Å²) >= 11 is 6.17. The summed E-state index contributed by atoms with van der Waals surface area (Å²) in [5, 5.41) is 2.95. The van der Waals surface area contributed by atoms with Gasteiger partial charge in [-0.15, -0.1) is 0 Å². The lowest BCUT2D eigenvalue weighted by molar-refractivity contribution is 0.102. The Morgan fingerprint density at radius 3 is 2.29 bits per heavy atom. The molecule has 0 radical (unpaired) electrons. The Morgan fingerprint density at radius 1 is 0.964 bits per heavy atom. The van der Waals surface area contributed by atoms with Gasteiger partial charge in [-0.05, 0) is 48.9 Å². The molecule has 0 bridgehead atoms. The minimum Gasteiger partial charge on any atom is -0.322 e. The van der Waals surface area contributed by atoms with Crippen molar-refractivity contribution < 1.29 is 13.2 Å². The van der Waals surface area contributed by atoms with E-state index in [0.717, 1.165) is 5.56 Å². The first-order valence-corrected chi connectivity index (χ1v) is 10.3. The molecule has 1 amide bonds. The van der Waals surface area contributed by atoms with Crippen LogP contribution in [0, 0.1) is 6.92 Å². The van der Waals surface area contributed by atoms with Crippen LogP contribution in [0.4, 0.5) is 11.4 Å². The lowest BCUT2D eigenvalue weighted by atomic mass is 10.1. The number of benzene rings is 3. The van der Waals surface area contributed by atoms with E-state index >= 15 is 0 Å². The number of halogens is 1. The normalized spacial score (nSPS) is 11.1. The van der Waals surface area contributed by atoms with Crippen molar-refractivity contribution in [2.75, 3.05) is 16.7 Å². The van der Waals surface area contributed by atoms with E-state index in [1.165, 1.54) is 29.6 Å². The number of hydrogen-bond donors (Lipinski definition) is 1. The third kappa shape index (κ3) is 4.03. The smallest absolute Gasteiger partial charge is 0.264 e. The van der Waals surface area contributed by atoms with Crippen LogP contribution in [0.15, 0.2) is 77.7 Å². The van der Waals surface area contributed by atoms with E-state index in [-0.39, 0.29) is 15.5 Å². The zero-order valence-corrected chi connectivity index (χ0v) is 17.0. The Bertz CT molecular complexity index is 1120. The maximum atomic E-state index is 13.0. The van der Waals surface area contributed by atoms with E-state index < -0.39 is 15.9 Å². The standard InChI is InChI=1S/C21H19ClN2O3S/c1-15-8-6-7-11-20(15)23-21(25)18-14-17(12-13-19(18)22)28(26,27)24(2)16-9-4-3-5-10-16/h3-14H,1-2H3,(H,23,25). The van der Waals surface area contributed by atoms with Crippen molar-refractivity contribution in [3.8, 4) is 0 Å². The van der Waals surface area contributed by atoms with Gasteiger partial charge in [0.25, 0.3) is 15.9 Å². The van der Waals surface area contributed by atoms with Crippen LogP contribution in [0.2, 0.25) is 5.02 Å². The number of carbonyl (C=O) groups excluding carboxylic acids is 1. The van der Waals surface area contributed by atoms with Gasteiger partial charge in [0.15, 0.2) is 0 Å². The van der Waals surface area contributed by atoms with Crippen LogP contribution in [0.5, 0.6) is 0 Å². The van der Waals surface area contributed by atoms with Crippen LogP contribution in [0.1, 0.15) is 15.9 Å². The zero-order valence-electron chi connectivity index (χ0n) is 15.4. The van der Waals surface area contributed by atoms with Crippen LogP contribution in [0.25, 0.3) is 0 Å². The van der Waals surface area contributed by atoms with Gasteiger partial charge in [0.2, 0.25) is 0 Å². The number of nitrogens with one attached hydrogen (secondary N) is 1. The maximum Gasteiger partial charge on any atom is 0.264 e. The fourth-order valence-corrected chi connectivity index (χ4v) is 4.10. The summed E-state index contributed by atoms with van der Waals surface area (Å²) in [4.78, 5) is 12.7. The molecular formula is C21H19ClN2O3S. The highest BCUT2D eigenvalue weighted by molar-refractivity contribution is 7.92. The number of carbonyl (C=O) groups is 1. The predicted octanol–water partition coefficient (Wildman–Crippen LogP) is 4.73. The molecule has 144 valence electrons. The molecule has 3 aromatic rings. The number of amides is 1. The molecule has 0 saturated carbocycles. The van der Waals surface area contributed by atoms with E-state index in [2.05, 4.69) is 5.32 Å². The molecule has 28 heavy (non-hydrogen) atoms. The highest BCUT2D eigenvalue weighted by Crippen LogP contribution is 2.26. The average molecular weight is 415 g/mol. The Morgan fingerprint density at radius 2 is 1.61 bits per heavy atom. The zero-order chi connectivity index (χ0) is 20.3. The first kappa shape index (κ1) is 19.9. The molecule has 0 aliphatic rings. The first-order valence-electron chi connectivity index (χ1n) is 8.51. The fourth-order valence-electron chi connectivity index (χ4n) is 2.68. The van der Waals surface area contributed by atoms with Crippen molar-refractivity contribution in [3.05, 3.63) is 88.9 Å². The summed E-state index contributed by atoms with van der Waals surface area (Å²) in [6.45, 7) is 1.87. The van der Waals surface area contributed by atoms with E-state index in [4.69, 9.17) is 11.6 Å². The van der Waals surface area contributed by atoms with E-state index in [9.17, 15) is 13.2 Å². The molecule has 0 atom stereocenters. The lowest BCUT2D eigenvalue weighted by Crippen LogP contribution is -2.27. The molecule has 0 saturated heterocycles. The van der Waals surface area contributed by atoms with Crippen molar-refractivity contribution in [2.45, 2.75) is 11.8 Å². The Kier molecular flexibility index (Phi) is 5.72. The summed E-state index contributed by atoms with van der Waals surface area (Å²) in [5.41, 5.74) is 2.13. The molecule has 0 fully saturated rings. The quantitative estimate of drug-likeness (QED) is 0.656. The summed E-state index contributed by atoms with van der Waals surface area (Å²) in [7, 11) is -2.39. The molecule has 0 aromatic heterocycles. The van der Waals surface area contributed by atoms with Crippen molar-refractivity contribution in [2.24, 2.45) is 0 Å². The average Bonchev–Trinajstić information content (AvgIpc) is 2.70. The third-order valence-corrected chi connectivity index (χ3v) is 6.47. The summed E-state index contributed by atoms with van der Waals surface area (Å²) in [6.07, 6.45) is 0. The molecule has 3 aromatic carbocycles. The van der Waals surface area contributed by atoms with Gasteiger partial charge in [-0.3, -0.25) is 9.10 Å². The van der Waals surface area contributed by atoms with Crippen LogP contribution >= 0.6 is 11.6 Å². The number of para-hydroxylation sites is 2. The van der Waals surface area contributed by atoms with Gasteiger partial charge in [0.05, 0.1) is 21.2 Å². The Labute approximate surface area is 169 Å². The maximum absolute atomic E-state index is 13.0. The van der Waals surface area contributed by atoms with Gasteiger partial charge in [-0.1, -0.05) is 48.0 Å². The van der Waals surface area contributed by atoms with Crippen molar-refractivity contribution in [1.82, 2.24) is 0 Å². The topological polar surface area (TPSA) is 66.5 Å². The first-order chi connectivity index (χ1) is 13.3. The molecule has 0 aliphatic heterocycles.